The Hall–Kier alpha value is -1.36. The van der Waals surface area contributed by atoms with Crippen LogP contribution >= 0.6 is 11.3 Å². The Labute approximate surface area is 124 Å². The van der Waals surface area contributed by atoms with E-state index in [9.17, 15) is 0 Å². The summed E-state index contributed by atoms with van der Waals surface area (Å²) >= 11 is 1.78. The monoisotopic (exact) mass is 291 g/mol. The second-order valence-corrected chi connectivity index (χ2v) is 5.53. The van der Waals surface area contributed by atoms with Crippen LogP contribution in [0.15, 0.2) is 41.8 Å². The molecule has 2 aromatic rings. The molecule has 2 N–H and O–H groups in total. The van der Waals surface area contributed by atoms with E-state index in [0.717, 1.165) is 37.4 Å². The minimum absolute atomic E-state index is 0.545. The van der Waals surface area contributed by atoms with Crippen molar-refractivity contribution in [3.8, 4) is 5.75 Å². The first-order valence-corrected chi connectivity index (χ1v) is 7.78. The highest BCUT2D eigenvalue weighted by atomic mass is 32.1. The van der Waals surface area contributed by atoms with Crippen molar-refractivity contribution in [1.82, 2.24) is 0 Å². The average Bonchev–Trinajstić information content (AvgIpc) is 3.00. The van der Waals surface area contributed by atoms with Gasteiger partial charge in [-0.05, 0) is 29.1 Å². The second kappa shape index (κ2) is 8.74. The van der Waals surface area contributed by atoms with E-state index in [2.05, 4.69) is 17.5 Å². The van der Waals surface area contributed by atoms with E-state index in [4.69, 9.17) is 15.2 Å². The number of ether oxygens (including phenoxy) is 2. The Morgan fingerprint density at radius 1 is 1.05 bits per heavy atom. The highest BCUT2D eigenvalue weighted by Crippen LogP contribution is 2.13. The fraction of sp³-hybridized carbons (Fsp3) is 0.375. The Kier molecular flexibility index (Phi) is 6.57. The molecule has 0 saturated heterocycles. The van der Waals surface area contributed by atoms with Gasteiger partial charge >= 0.3 is 0 Å². The third-order valence-corrected chi connectivity index (χ3v) is 3.84. The summed E-state index contributed by atoms with van der Waals surface area (Å²) in [4.78, 5) is 1.37. The van der Waals surface area contributed by atoms with E-state index >= 15 is 0 Å². The van der Waals surface area contributed by atoms with Crippen molar-refractivity contribution < 1.29 is 9.47 Å². The van der Waals surface area contributed by atoms with Crippen molar-refractivity contribution in [1.29, 1.82) is 0 Å². The fourth-order valence-corrected chi connectivity index (χ4v) is 2.53. The summed E-state index contributed by atoms with van der Waals surface area (Å²) in [5, 5.41) is 2.10. The van der Waals surface area contributed by atoms with E-state index in [1.807, 2.05) is 24.3 Å². The van der Waals surface area contributed by atoms with Gasteiger partial charge in [0.2, 0.25) is 0 Å². The lowest BCUT2D eigenvalue weighted by Gasteiger charge is -2.07. The first-order valence-electron chi connectivity index (χ1n) is 6.90. The largest absolute Gasteiger partial charge is 0.493 e. The Morgan fingerprint density at radius 3 is 2.80 bits per heavy atom. The summed E-state index contributed by atoms with van der Waals surface area (Å²) in [5.41, 5.74) is 6.69. The molecule has 1 aromatic heterocycles. The van der Waals surface area contributed by atoms with Crippen LogP contribution in [-0.2, 0) is 17.7 Å². The van der Waals surface area contributed by atoms with Gasteiger partial charge in [0, 0.05) is 30.9 Å². The standard InChI is InChI=1S/C16H21NO2S/c17-13-14-4-1-5-15(12-14)19-9-3-8-18-10-7-16-6-2-11-20-16/h1-2,4-6,11-12H,3,7-10,13,17H2. The summed E-state index contributed by atoms with van der Waals surface area (Å²) in [5.74, 6) is 0.881. The smallest absolute Gasteiger partial charge is 0.119 e. The van der Waals surface area contributed by atoms with Crippen LogP contribution in [0.5, 0.6) is 5.75 Å². The fourth-order valence-electron chi connectivity index (χ4n) is 1.84. The third kappa shape index (κ3) is 5.33. The molecule has 0 radical (unpaired) electrons. The van der Waals surface area contributed by atoms with Gasteiger partial charge in [-0.2, -0.15) is 0 Å². The molecular formula is C16H21NO2S. The van der Waals surface area contributed by atoms with Crippen molar-refractivity contribution >= 4 is 11.3 Å². The zero-order chi connectivity index (χ0) is 14.0. The van der Waals surface area contributed by atoms with Crippen LogP contribution in [0.4, 0.5) is 0 Å². The van der Waals surface area contributed by atoms with Crippen molar-refractivity contribution in [3.05, 3.63) is 52.2 Å². The van der Waals surface area contributed by atoms with Crippen molar-refractivity contribution in [2.24, 2.45) is 5.73 Å². The number of benzene rings is 1. The van der Waals surface area contributed by atoms with Gasteiger partial charge in [-0.1, -0.05) is 18.2 Å². The van der Waals surface area contributed by atoms with E-state index < -0.39 is 0 Å². The van der Waals surface area contributed by atoms with Crippen molar-refractivity contribution in [3.63, 3.8) is 0 Å². The van der Waals surface area contributed by atoms with E-state index in [0.29, 0.717) is 13.2 Å². The summed E-state index contributed by atoms with van der Waals surface area (Å²) in [6.45, 7) is 2.74. The van der Waals surface area contributed by atoms with Gasteiger partial charge in [0.1, 0.15) is 5.75 Å². The second-order valence-electron chi connectivity index (χ2n) is 4.50. The predicted molar refractivity (Wildman–Crippen MR) is 83.3 cm³/mol. The zero-order valence-electron chi connectivity index (χ0n) is 11.6. The SMILES string of the molecule is NCc1cccc(OCCCOCCc2cccs2)c1. The summed E-state index contributed by atoms with van der Waals surface area (Å²) in [6, 6.07) is 12.1. The van der Waals surface area contributed by atoms with Gasteiger partial charge in [0.05, 0.1) is 13.2 Å². The molecule has 0 unspecified atom stereocenters. The molecule has 4 heteroatoms. The summed E-state index contributed by atoms with van der Waals surface area (Å²) in [6.07, 6.45) is 1.90. The molecule has 20 heavy (non-hydrogen) atoms. The van der Waals surface area contributed by atoms with Crippen LogP contribution in [0, 0.1) is 0 Å². The highest BCUT2D eigenvalue weighted by molar-refractivity contribution is 7.09. The maximum Gasteiger partial charge on any atom is 0.119 e. The van der Waals surface area contributed by atoms with Gasteiger partial charge in [-0.3, -0.25) is 0 Å². The third-order valence-electron chi connectivity index (χ3n) is 2.91. The van der Waals surface area contributed by atoms with Crippen molar-refractivity contribution in [2.45, 2.75) is 19.4 Å². The lowest BCUT2D eigenvalue weighted by Crippen LogP contribution is -2.05. The van der Waals surface area contributed by atoms with Crippen LogP contribution in [0.2, 0.25) is 0 Å². The molecule has 0 aliphatic carbocycles. The first kappa shape index (κ1) is 15.0. The predicted octanol–water partition coefficient (Wildman–Crippen LogP) is 3.24. The van der Waals surface area contributed by atoms with Crippen molar-refractivity contribution in [2.75, 3.05) is 19.8 Å². The molecule has 0 aliphatic heterocycles. The zero-order valence-corrected chi connectivity index (χ0v) is 12.4. The molecule has 0 amide bonds. The molecule has 0 aliphatic rings. The maximum absolute atomic E-state index is 5.67. The van der Waals surface area contributed by atoms with Crippen LogP contribution < -0.4 is 10.5 Å². The minimum atomic E-state index is 0.545. The summed E-state index contributed by atoms with van der Waals surface area (Å²) < 4.78 is 11.3. The Bertz CT molecular complexity index is 485. The molecular weight excluding hydrogens is 270 g/mol. The molecule has 0 fully saturated rings. The lowest BCUT2D eigenvalue weighted by atomic mass is 10.2. The average molecular weight is 291 g/mol. The number of nitrogens with two attached hydrogens (primary N) is 1. The minimum Gasteiger partial charge on any atom is -0.493 e. The number of rotatable bonds is 9. The molecule has 3 nitrogen and oxygen atoms in total. The number of hydrogen-bond acceptors (Lipinski definition) is 4. The van der Waals surface area contributed by atoms with Gasteiger partial charge in [-0.15, -0.1) is 11.3 Å². The van der Waals surface area contributed by atoms with Gasteiger partial charge in [0.15, 0.2) is 0 Å². The molecule has 0 saturated carbocycles. The lowest BCUT2D eigenvalue weighted by molar-refractivity contribution is 0.122. The Morgan fingerprint density at radius 2 is 2.00 bits per heavy atom. The number of hydrogen-bond donors (Lipinski definition) is 1. The van der Waals surface area contributed by atoms with E-state index in [-0.39, 0.29) is 0 Å². The van der Waals surface area contributed by atoms with Gasteiger partial charge in [-0.25, -0.2) is 0 Å². The topological polar surface area (TPSA) is 44.5 Å². The molecule has 1 heterocycles. The summed E-state index contributed by atoms with van der Waals surface area (Å²) in [7, 11) is 0. The molecule has 108 valence electrons. The van der Waals surface area contributed by atoms with Gasteiger partial charge < -0.3 is 15.2 Å². The van der Waals surface area contributed by atoms with Crippen LogP contribution in [-0.4, -0.2) is 19.8 Å². The molecule has 0 spiro atoms. The van der Waals surface area contributed by atoms with Crippen LogP contribution in [0.25, 0.3) is 0 Å². The molecule has 0 bridgehead atoms. The van der Waals surface area contributed by atoms with Crippen LogP contribution in [0.3, 0.4) is 0 Å². The highest BCUT2D eigenvalue weighted by Gasteiger charge is 1.97. The quantitative estimate of drug-likeness (QED) is 0.721. The number of thiophene rings is 1. The van der Waals surface area contributed by atoms with Crippen LogP contribution in [0.1, 0.15) is 16.9 Å². The maximum atomic E-state index is 5.67. The normalized spacial score (nSPS) is 10.7. The van der Waals surface area contributed by atoms with E-state index in [1.54, 1.807) is 11.3 Å². The first-order chi connectivity index (χ1) is 9.88. The Balaban J connectivity index is 1.53. The molecule has 2 rings (SSSR count). The molecule has 0 atom stereocenters. The molecule has 1 aromatic carbocycles. The van der Waals surface area contributed by atoms with Gasteiger partial charge in [0.25, 0.3) is 0 Å². The van der Waals surface area contributed by atoms with E-state index in [1.165, 1.54) is 4.88 Å².